The van der Waals surface area contributed by atoms with Gasteiger partial charge >= 0.3 is 5.97 Å². The summed E-state index contributed by atoms with van der Waals surface area (Å²) < 4.78 is 0. The number of aliphatic carboxylic acids is 1. The van der Waals surface area contributed by atoms with Crippen LogP contribution >= 0.6 is 11.6 Å². The van der Waals surface area contributed by atoms with Crippen LogP contribution in [-0.2, 0) is 4.79 Å². The zero-order chi connectivity index (χ0) is 11.3. The van der Waals surface area contributed by atoms with Crippen LogP contribution < -0.4 is 0 Å². The number of aromatic hydroxyl groups is 2. The van der Waals surface area contributed by atoms with Crippen molar-refractivity contribution in [2.45, 2.75) is 5.38 Å². The predicted molar refractivity (Wildman–Crippen MR) is 49.4 cm³/mol. The maximum absolute atomic E-state index is 11.3. The lowest BCUT2D eigenvalue weighted by atomic mass is 9.83. The standard InChI is InChI=1S/C9H5ClO5/c10-6(9(14)15)2-1-3(11)5-7(12)4(2)8(5)13/h1,6,11-12H,(H,14,15). The summed E-state index contributed by atoms with van der Waals surface area (Å²) in [6.07, 6.45) is 0. The van der Waals surface area contributed by atoms with Crippen LogP contribution in [0.5, 0.6) is 11.5 Å². The predicted octanol–water partition coefficient (Wildman–Crippen LogP) is 1.01. The Morgan fingerprint density at radius 2 is 1.93 bits per heavy atom. The van der Waals surface area contributed by atoms with E-state index in [4.69, 9.17) is 16.7 Å². The van der Waals surface area contributed by atoms with Crippen molar-refractivity contribution < 1.29 is 24.9 Å². The number of halogens is 1. The molecule has 78 valence electrons. The third kappa shape index (κ3) is 1.10. The number of hydrogen-bond acceptors (Lipinski definition) is 4. The molecule has 1 atom stereocenters. The molecule has 0 saturated carbocycles. The molecule has 15 heavy (non-hydrogen) atoms. The SMILES string of the molecule is O=C1c2c(O)cc(C(Cl)C(=O)O)c1c2O. The molecule has 2 aliphatic carbocycles. The van der Waals surface area contributed by atoms with E-state index >= 15 is 0 Å². The first-order valence-electron chi connectivity index (χ1n) is 3.95. The second kappa shape index (κ2) is 2.87. The Morgan fingerprint density at radius 3 is 2.33 bits per heavy atom. The van der Waals surface area contributed by atoms with Crippen molar-refractivity contribution in [3.05, 3.63) is 22.8 Å². The zero-order valence-corrected chi connectivity index (χ0v) is 7.95. The number of hydrogen-bond donors (Lipinski definition) is 3. The first-order valence-corrected chi connectivity index (χ1v) is 4.39. The van der Waals surface area contributed by atoms with E-state index in [1.165, 1.54) is 0 Å². The van der Waals surface area contributed by atoms with Gasteiger partial charge in [0.1, 0.15) is 17.1 Å². The van der Waals surface area contributed by atoms with Crippen LogP contribution in [0.4, 0.5) is 0 Å². The summed E-state index contributed by atoms with van der Waals surface area (Å²) in [7, 11) is 0. The van der Waals surface area contributed by atoms with Crippen LogP contribution in [0.2, 0.25) is 0 Å². The Bertz CT molecular complexity index is 487. The van der Waals surface area contributed by atoms with Gasteiger partial charge in [0.2, 0.25) is 5.78 Å². The lowest BCUT2D eigenvalue weighted by Gasteiger charge is -2.23. The van der Waals surface area contributed by atoms with Crippen molar-refractivity contribution in [3.8, 4) is 11.5 Å². The minimum absolute atomic E-state index is 0.0841. The average molecular weight is 229 g/mol. The summed E-state index contributed by atoms with van der Waals surface area (Å²) >= 11 is 5.51. The lowest BCUT2D eigenvalue weighted by molar-refractivity contribution is -0.136. The molecular formula is C9H5ClO5. The Kier molecular flexibility index (Phi) is 1.87. The van der Waals surface area contributed by atoms with E-state index in [0.29, 0.717) is 0 Å². The number of carbonyl (C=O) groups excluding carboxylic acids is 1. The van der Waals surface area contributed by atoms with Crippen molar-refractivity contribution in [1.82, 2.24) is 0 Å². The third-order valence-corrected chi connectivity index (χ3v) is 2.68. The number of benzene rings is 1. The number of fused-ring (bicyclic) bond motifs is 2. The minimum Gasteiger partial charge on any atom is -0.507 e. The van der Waals surface area contributed by atoms with E-state index in [1.54, 1.807) is 0 Å². The molecule has 2 bridgehead atoms. The van der Waals surface area contributed by atoms with Gasteiger partial charge < -0.3 is 15.3 Å². The van der Waals surface area contributed by atoms with Gasteiger partial charge in [-0.3, -0.25) is 9.59 Å². The molecule has 0 amide bonds. The summed E-state index contributed by atoms with van der Waals surface area (Å²) in [6.45, 7) is 0. The highest BCUT2D eigenvalue weighted by atomic mass is 35.5. The van der Waals surface area contributed by atoms with Crippen molar-refractivity contribution >= 4 is 23.4 Å². The van der Waals surface area contributed by atoms with Crippen molar-refractivity contribution in [2.24, 2.45) is 0 Å². The smallest absolute Gasteiger partial charge is 0.326 e. The molecule has 0 heterocycles. The summed E-state index contributed by atoms with van der Waals surface area (Å²) in [5, 5.41) is 25.8. The van der Waals surface area contributed by atoms with E-state index in [2.05, 4.69) is 0 Å². The largest absolute Gasteiger partial charge is 0.507 e. The first-order chi connectivity index (χ1) is 6.95. The maximum Gasteiger partial charge on any atom is 0.326 e. The molecule has 0 aliphatic heterocycles. The fourth-order valence-electron chi connectivity index (χ4n) is 1.53. The fraction of sp³-hybridized carbons (Fsp3) is 0.111. The molecule has 0 spiro atoms. The Morgan fingerprint density at radius 1 is 1.33 bits per heavy atom. The fourth-order valence-corrected chi connectivity index (χ4v) is 1.70. The van der Waals surface area contributed by atoms with Crippen LogP contribution in [0.25, 0.3) is 0 Å². The van der Waals surface area contributed by atoms with Crippen LogP contribution in [0.15, 0.2) is 6.07 Å². The van der Waals surface area contributed by atoms with E-state index < -0.39 is 22.9 Å². The normalized spacial score (nSPS) is 14.6. The van der Waals surface area contributed by atoms with Crippen LogP contribution in [0.3, 0.4) is 0 Å². The van der Waals surface area contributed by atoms with Gasteiger partial charge in [-0.25, -0.2) is 0 Å². The van der Waals surface area contributed by atoms with E-state index in [9.17, 15) is 19.8 Å². The number of phenolic OH excluding ortho intramolecular Hbond substituents is 2. The minimum atomic E-state index is -1.46. The topological polar surface area (TPSA) is 94.8 Å². The average Bonchev–Trinajstić information content (AvgIpc) is 2.15. The number of ketones is 1. The number of alkyl halides is 1. The van der Waals surface area contributed by atoms with E-state index in [1.807, 2.05) is 0 Å². The second-order valence-corrected chi connectivity index (χ2v) is 3.55. The van der Waals surface area contributed by atoms with E-state index in [-0.39, 0.29) is 22.4 Å². The number of carboxylic acid groups (broad SMARTS) is 1. The van der Waals surface area contributed by atoms with Crippen molar-refractivity contribution in [1.29, 1.82) is 0 Å². The summed E-state index contributed by atoms with van der Waals surface area (Å²) in [5.41, 5.74) is -0.382. The Hall–Kier alpha value is -1.75. The van der Waals surface area contributed by atoms with Gasteiger partial charge in [0.15, 0.2) is 5.38 Å². The van der Waals surface area contributed by atoms with Gasteiger partial charge in [-0.1, -0.05) is 0 Å². The quantitative estimate of drug-likeness (QED) is 0.667. The highest BCUT2D eigenvalue weighted by Gasteiger charge is 2.39. The van der Waals surface area contributed by atoms with Crippen molar-refractivity contribution in [2.75, 3.05) is 0 Å². The molecule has 1 aromatic rings. The summed E-state index contributed by atoms with van der Waals surface area (Å²) in [4.78, 5) is 21.9. The third-order valence-electron chi connectivity index (χ3n) is 2.25. The molecule has 1 aromatic carbocycles. The van der Waals surface area contributed by atoms with Gasteiger partial charge in [-0.15, -0.1) is 11.6 Å². The van der Waals surface area contributed by atoms with Crippen LogP contribution in [0.1, 0.15) is 26.9 Å². The van der Waals surface area contributed by atoms with Gasteiger partial charge in [-0.05, 0) is 11.6 Å². The van der Waals surface area contributed by atoms with Gasteiger partial charge in [0.25, 0.3) is 0 Å². The molecule has 6 heteroatoms. The Labute approximate surface area is 88.5 Å². The zero-order valence-electron chi connectivity index (χ0n) is 7.19. The molecule has 3 N–H and O–H groups in total. The molecule has 3 rings (SSSR count). The highest BCUT2D eigenvalue weighted by Crippen LogP contribution is 2.47. The Balaban J connectivity index is 2.62. The molecule has 1 unspecified atom stereocenters. The van der Waals surface area contributed by atoms with E-state index in [0.717, 1.165) is 6.07 Å². The number of carbonyl (C=O) groups is 2. The molecule has 0 fully saturated rings. The summed E-state index contributed by atoms with van der Waals surface area (Å²) in [6, 6.07) is 1.08. The van der Waals surface area contributed by atoms with Gasteiger partial charge in [0, 0.05) is 0 Å². The number of carboxylic acids is 1. The van der Waals surface area contributed by atoms with Crippen LogP contribution in [-0.4, -0.2) is 27.1 Å². The second-order valence-electron chi connectivity index (χ2n) is 3.11. The van der Waals surface area contributed by atoms with Crippen molar-refractivity contribution in [3.63, 3.8) is 0 Å². The molecule has 0 aromatic heterocycles. The first kappa shape index (κ1) is 9.79. The number of rotatable bonds is 2. The lowest BCUT2D eigenvalue weighted by Crippen LogP contribution is -2.20. The molecule has 2 aliphatic rings. The van der Waals surface area contributed by atoms with Gasteiger partial charge in [0.05, 0.1) is 5.56 Å². The van der Waals surface area contributed by atoms with Gasteiger partial charge in [-0.2, -0.15) is 0 Å². The highest BCUT2D eigenvalue weighted by molar-refractivity contribution is 6.32. The number of phenols is 2. The molecule has 0 radical (unpaired) electrons. The molecule has 5 nitrogen and oxygen atoms in total. The molecule has 0 saturated heterocycles. The molecular weight excluding hydrogens is 224 g/mol. The monoisotopic (exact) mass is 228 g/mol. The maximum atomic E-state index is 11.3. The van der Waals surface area contributed by atoms with Crippen LogP contribution in [0, 0.1) is 0 Å². The summed E-state index contributed by atoms with van der Waals surface area (Å²) in [5.74, 6) is -2.76.